The Kier molecular flexibility index (Phi) is 6.29. The topological polar surface area (TPSA) is 92.2 Å². The van der Waals surface area contributed by atoms with Gasteiger partial charge in [0.05, 0.1) is 21.2 Å². The van der Waals surface area contributed by atoms with Crippen molar-refractivity contribution in [2.45, 2.75) is 87.1 Å². The Bertz CT molecular complexity index is 1740. The van der Waals surface area contributed by atoms with Crippen molar-refractivity contribution in [1.29, 1.82) is 0 Å². The third kappa shape index (κ3) is 4.42. The van der Waals surface area contributed by atoms with Gasteiger partial charge < -0.3 is 9.80 Å². The lowest BCUT2D eigenvalue weighted by Gasteiger charge is -2.39. The second-order valence-electron chi connectivity index (χ2n) is 12.5. The summed E-state index contributed by atoms with van der Waals surface area (Å²) in [7, 11) is -3.79. The van der Waals surface area contributed by atoms with Crippen LogP contribution in [0.1, 0.15) is 62.0 Å². The van der Waals surface area contributed by atoms with E-state index in [-0.39, 0.29) is 9.79 Å². The summed E-state index contributed by atoms with van der Waals surface area (Å²) < 4.78 is 28.3. The molecule has 4 aromatic rings. The van der Waals surface area contributed by atoms with Crippen LogP contribution >= 0.6 is 0 Å². The molecule has 220 valence electrons. The van der Waals surface area contributed by atoms with E-state index in [2.05, 4.69) is 23.6 Å². The van der Waals surface area contributed by atoms with Gasteiger partial charge in [0.15, 0.2) is 0 Å². The van der Waals surface area contributed by atoms with Crippen molar-refractivity contribution in [3.63, 3.8) is 0 Å². The smallest absolute Gasteiger partial charge is 0.226 e. The maximum Gasteiger partial charge on any atom is 0.226 e. The van der Waals surface area contributed by atoms with Crippen molar-refractivity contribution < 1.29 is 8.42 Å². The fourth-order valence-corrected chi connectivity index (χ4v) is 8.31. The molecule has 4 aliphatic rings. The second kappa shape index (κ2) is 10.1. The molecule has 2 atom stereocenters. The average molecular weight is 593 g/mol. The summed E-state index contributed by atoms with van der Waals surface area (Å²) in [5.74, 6) is 1.53. The molecule has 0 radical (unpaired) electrons. The number of aromatic nitrogens is 4. The zero-order valence-electron chi connectivity index (χ0n) is 24.8. The van der Waals surface area contributed by atoms with E-state index in [0.717, 1.165) is 121 Å². The van der Waals surface area contributed by atoms with E-state index in [1.807, 2.05) is 24.3 Å². The van der Waals surface area contributed by atoms with Gasteiger partial charge in [0, 0.05) is 58.8 Å². The summed E-state index contributed by atoms with van der Waals surface area (Å²) in [4.78, 5) is 24.9. The molecule has 2 aliphatic heterocycles. The van der Waals surface area contributed by atoms with E-state index < -0.39 is 9.84 Å². The summed E-state index contributed by atoms with van der Waals surface area (Å²) in [5, 5.41) is 0. The first-order chi connectivity index (χ1) is 20.9. The largest absolute Gasteiger partial charge is 0.338 e. The minimum Gasteiger partial charge on any atom is -0.338 e. The van der Waals surface area contributed by atoms with Gasteiger partial charge in [-0.25, -0.2) is 28.4 Å². The molecule has 2 aromatic heterocycles. The number of benzene rings is 2. The molecule has 2 saturated heterocycles. The van der Waals surface area contributed by atoms with Crippen molar-refractivity contribution in [2.24, 2.45) is 0 Å². The highest BCUT2D eigenvalue weighted by Crippen LogP contribution is 2.37. The van der Waals surface area contributed by atoms with Gasteiger partial charge in [0.25, 0.3) is 0 Å². The van der Waals surface area contributed by atoms with Crippen LogP contribution in [-0.4, -0.2) is 53.5 Å². The standard InChI is InChI=1S/C34H36N6O2S/c1-21-15-17-39(21)33-35-29-13-5-11-27(29)31(37-33)23-7-3-9-25(19-23)43(41,42)26-10-4-8-24(20-26)32-28-12-6-14-30(28)36-34(38-32)40-18-16-22(40)2/h3-4,7-10,19-22H,5-6,11-18H2,1-2H3/t21-,22-/m0/s1. The van der Waals surface area contributed by atoms with Crippen molar-refractivity contribution in [1.82, 2.24) is 19.9 Å². The Morgan fingerprint density at radius 1 is 0.651 bits per heavy atom. The quantitative estimate of drug-likeness (QED) is 0.285. The number of rotatable bonds is 6. The van der Waals surface area contributed by atoms with Gasteiger partial charge in [-0.2, -0.15) is 0 Å². The molecule has 9 heteroatoms. The lowest BCUT2D eigenvalue weighted by Crippen LogP contribution is -2.46. The molecule has 8 rings (SSSR count). The number of nitrogens with zero attached hydrogens (tertiary/aromatic N) is 6. The number of fused-ring (bicyclic) bond motifs is 2. The van der Waals surface area contributed by atoms with E-state index in [0.29, 0.717) is 12.1 Å². The molecule has 0 unspecified atom stereocenters. The van der Waals surface area contributed by atoms with Crippen LogP contribution in [0.2, 0.25) is 0 Å². The number of sulfone groups is 1. The highest BCUT2D eigenvalue weighted by Gasteiger charge is 2.31. The fraction of sp³-hybridized carbons (Fsp3) is 0.412. The van der Waals surface area contributed by atoms with E-state index in [1.54, 1.807) is 24.3 Å². The third-order valence-electron chi connectivity index (χ3n) is 9.83. The minimum absolute atomic E-state index is 0.273. The Morgan fingerprint density at radius 2 is 1.12 bits per heavy atom. The second-order valence-corrected chi connectivity index (χ2v) is 14.5. The van der Waals surface area contributed by atoms with E-state index in [9.17, 15) is 8.42 Å². The minimum atomic E-state index is -3.79. The summed E-state index contributed by atoms with van der Waals surface area (Å²) in [6.07, 6.45) is 8.09. The van der Waals surface area contributed by atoms with Crippen molar-refractivity contribution in [3.05, 3.63) is 71.0 Å². The number of anilines is 2. The first-order valence-electron chi connectivity index (χ1n) is 15.7. The Labute approximate surface area is 253 Å². The monoisotopic (exact) mass is 592 g/mol. The van der Waals surface area contributed by atoms with Crippen LogP contribution in [0.5, 0.6) is 0 Å². The molecule has 0 saturated carbocycles. The van der Waals surface area contributed by atoms with Crippen LogP contribution in [0, 0.1) is 0 Å². The van der Waals surface area contributed by atoms with Gasteiger partial charge >= 0.3 is 0 Å². The first-order valence-corrected chi connectivity index (χ1v) is 17.1. The molecule has 0 bridgehead atoms. The SMILES string of the molecule is C[C@H]1CCN1c1nc2c(c(-c3cccc(S(=O)(=O)c4cccc(-c5nc(N6CC[C@@H]6C)nc6c5CCC6)c4)c3)n1)CCC2. The Balaban J connectivity index is 1.18. The maximum absolute atomic E-state index is 14.1. The van der Waals surface area contributed by atoms with E-state index in [1.165, 1.54) is 0 Å². The van der Waals surface area contributed by atoms with Crippen LogP contribution in [0.3, 0.4) is 0 Å². The molecular weight excluding hydrogens is 556 g/mol. The summed E-state index contributed by atoms with van der Waals surface area (Å²) in [6.45, 7) is 6.31. The lowest BCUT2D eigenvalue weighted by molar-refractivity contribution is 0.470. The lowest BCUT2D eigenvalue weighted by atomic mass is 10.0. The average Bonchev–Trinajstić information content (AvgIpc) is 3.69. The van der Waals surface area contributed by atoms with Crippen LogP contribution < -0.4 is 9.80 Å². The highest BCUT2D eigenvalue weighted by atomic mass is 32.2. The zero-order valence-corrected chi connectivity index (χ0v) is 25.6. The summed E-state index contributed by atoms with van der Waals surface area (Å²) >= 11 is 0. The number of aryl methyl sites for hydroxylation is 2. The van der Waals surface area contributed by atoms with Gasteiger partial charge in [-0.1, -0.05) is 24.3 Å². The normalized spacial score (nSPS) is 20.9. The molecule has 43 heavy (non-hydrogen) atoms. The molecule has 8 nitrogen and oxygen atoms in total. The van der Waals surface area contributed by atoms with Gasteiger partial charge in [0.1, 0.15) is 0 Å². The van der Waals surface area contributed by atoms with Crippen LogP contribution in [0.25, 0.3) is 22.5 Å². The molecule has 2 aliphatic carbocycles. The van der Waals surface area contributed by atoms with Gasteiger partial charge in [0.2, 0.25) is 21.7 Å². The van der Waals surface area contributed by atoms with E-state index in [4.69, 9.17) is 19.9 Å². The molecule has 4 heterocycles. The molecular formula is C34H36N6O2S. The zero-order chi connectivity index (χ0) is 29.3. The van der Waals surface area contributed by atoms with Gasteiger partial charge in [-0.15, -0.1) is 0 Å². The van der Waals surface area contributed by atoms with Crippen molar-refractivity contribution in [2.75, 3.05) is 22.9 Å². The van der Waals surface area contributed by atoms with Crippen LogP contribution in [0.4, 0.5) is 11.9 Å². The summed E-state index contributed by atoms with van der Waals surface area (Å²) in [6, 6.07) is 15.4. The predicted octanol–water partition coefficient (Wildman–Crippen LogP) is 5.61. The van der Waals surface area contributed by atoms with Gasteiger partial charge in [-0.05, 0) is 89.5 Å². The Hall–Kier alpha value is -3.85. The fourth-order valence-electron chi connectivity index (χ4n) is 6.96. The third-order valence-corrected chi connectivity index (χ3v) is 11.6. The number of hydrogen-bond donors (Lipinski definition) is 0. The van der Waals surface area contributed by atoms with E-state index >= 15 is 0 Å². The highest BCUT2D eigenvalue weighted by molar-refractivity contribution is 7.91. The summed E-state index contributed by atoms with van der Waals surface area (Å²) in [5.41, 5.74) is 7.90. The molecule has 0 spiro atoms. The molecule has 0 amide bonds. The first kappa shape index (κ1) is 26.8. The number of hydrogen-bond acceptors (Lipinski definition) is 8. The van der Waals surface area contributed by atoms with Crippen molar-refractivity contribution >= 4 is 21.7 Å². The molecule has 2 aromatic carbocycles. The van der Waals surface area contributed by atoms with Crippen LogP contribution in [0.15, 0.2) is 58.3 Å². The molecule has 2 fully saturated rings. The van der Waals surface area contributed by atoms with Gasteiger partial charge in [-0.3, -0.25) is 0 Å². The predicted molar refractivity (Wildman–Crippen MR) is 167 cm³/mol. The van der Waals surface area contributed by atoms with Crippen molar-refractivity contribution in [3.8, 4) is 22.5 Å². The Morgan fingerprint density at radius 3 is 1.51 bits per heavy atom. The molecule has 0 N–H and O–H groups in total. The maximum atomic E-state index is 14.1. The van der Waals surface area contributed by atoms with Crippen LogP contribution in [-0.2, 0) is 35.5 Å².